The van der Waals surface area contributed by atoms with Crippen molar-refractivity contribution in [2.24, 2.45) is 0 Å². The monoisotopic (exact) mass is 472 g/mol. The molecule has 2 aliphatic heterocycles. The predicted molar refractivity (Wildman–Crippen MR) is 131 cm³/mol. The fourth-order valence-electron chi connectivity index (χ4n) is 5.24. The van der Waals surface area contributed by atoms with Crippen molar-refractivity contribution in [2.75, 3.05) is 44.7 Å². The van der Waals surface area contributed by atoms with Crippen LogP contribution in [0.25, 0.3) is 5.65 Å². The van der Waals surface area contributed by atoms with Crippen LogP contribution in [0.1, 0.15) is 49.7 Å². The van der Waals surface area contributed by atoms with Crippen molar-refractivity contribution >= 4 is 34.7 Å². The average Bonchev–Trinajstić information content (AvgIpc) is 3.16. The molecule has 2 atom stereocenters. The van der Waals surface area contributed by atoms with E-state index in [4.69, 9.17) is 28.2 Å². The van der Waals surface area contributed by atoms with E-state index in [1.54, 1.807) is 0 Å². The van der Waals surface area contributed by atoms with Crippen molar-refractivity contribution in [1.82, 2.24) is 24.2 Å². The van der Waals surface area contributed by atoms with Gasteiger partial charge in [0.1, 0.15) is 16.6 Å². The van der Waals surface area contributed by atoms with Crippen LogP contribution in [-0.2, 0) is 0 Å². The minimum absolute atomic E-state index is 0.129. The summed E-state index contributed by atoms with van der Waals surface area (Å²) in [4.78, 5) is 16.9. The van der Waals surface area contributed by atoms with Gasteiger partial charge in [-0.15, -0.1) is 0 Å². The summed E-state index contributed by atoms with van der Waals surface area (Å²) < 4.78 is 2.13. The van der Waals surface area contributed by atoms with Crippen LogP contribution in [0, 0.1) is 0 Å². The molecule has 0 saturated carbocycles. The molecule has 6 nitrogen and oxygen atoms in total. The maximum absolute atomic E-state index is 7.06. The Bertz CT molecular complexity index is 1090. The number of hydrogen-bond acceptors (Lipinski definition) is 5. The van der Waals surface area contributed by atoms with Gasteiger partial charge < -0.3 is 9.80 Å². The number of nitrogens with zero attached hydrogens (tertiary/aromatic N) is 6. The second-order valence-corrected chi connectivity index (χ2v) is 9.55. The summed E-state index contributed by atoms with van der Waals surface area (Å²) in [6, 6.07) is 10.4. The second kappa shape index (κ2) is 9.18. The zero-order chi connectivity index (χ0) is 22.2. The molecule has 8 heteroatoms. The van der Waals surface area contributed by atoms with Gasteiger partial charge in [-0.25, -0.2) is 4.98 Å². The van der Waals surface area contributed by atoms with Crippen LogP contribution in [0.2, 0.25) is 10.2 Å². The predicted octanol–water partition coefficient (Wildman–Crippen LogP) is 5.08. The average molecular weight is 473 g/mol. The molecule has 0 spiro atoms. The molecule has 0 aliphatic carbocycles. The molecular weight excluding hydrogens is 443 g/mol. The van der Waals surface area contributed by atoms with E-state index < -0.39 is 0 Å². The van der Waals surface area contributed by atoms with Gasteiger partial charge in [0, 0.05) is 32.4 Å². The Morgan fingerprint density at radius 3 is 2.44 bits per heavy atom. The number of aromatic nitrogens is 3. The largest absolute Gasteiger partial charge is 0.355 e. The van der Waals surface area contributed by atoms with Gasteiger partial charge in [0.05, 0.1) is 28.5 Å². The highest BCUT2D eigenvalue weighted by Crippen LogP contribution is 2.43. The van der Waals surface area contributed by atoms with E-state index in [9.17, 15) is 0 Å². The van der Waals surface area contributed by atoms with Crippen molar-refractivity contribution in [3.05, 3.63) is 58.1 Å². The Hall–Kier alpha value is -1.86. The summed E-state index contributed by atoms with van der Waals surface area (Å²) >= 11 is 13.6. The lowest BCUT2D eigenvalue weighted by Gasteiger charge is -2.39. The van der Waals surface area contributed by atoms with E-state index in [1.807, 2.05) is 18.3 Å². The number of fused-ring (bicyclic) bond motifs is 1. The van der Waals surface area contributed by atoms with E-state index in [1.165, 1.54) is 0 Å². The second-order valence-electron chi connectivity index (χ2n) is 8.79. The van der Waals surface area contributed by atoms with Gasteiger partial charge in [0.25, 0.3) is 0 Å². The quantitative estimate of drug-likeness (QED) is 0.529. The van der Waals surface area contributed by atoms with Crippen LogP contribution in [0.5, 0.6) is 0 Å². The Morgan fingerprint density at radius 2 is 1.72 bits per heavy atom. The standard InChI is InChI=1S/C24H30Cl2N6/c1-3-30-13-15-31(16-14-30)21-11-5-10-20-28-23(24(26)32(20)21)19-9-4-8-18(29(19)2)22-17(25)7-6-12-27-22/h5-7,10-12,18-19H,3-4,8-9,13-16H2,1-2H3/t18-,19+/m0/s1. The number of anilines is 1. The summed E-state index contributed by atoms with van der Waals surface area (Å²) in [7, 11) is 2.14. The SMILES string of the molecule is CCN1CCN(c2cccc3nc([C@H]4CCC[C@@H](c5ncccc5Cl)N4C)c(Cl)n23)CC1. The molecule has 2 saturated heterocycles. The third kappa shape index (κ3) is 3.87. The molecule has 0 bridgehead atoms. The smallest absolute Gasteiger partial charge is 0.139 e. The van der Waals surface area contributed by atoms with E-state index in [2.05, 4.69) is 56.3 Å². The number of pyridine rings is 2. The molecule has 3 aromatic heterocycles. The Labute approximate surface area is 199 Å². The number of rotatable bonds is 4. The van der Waals surface area contributed by atoms with Crippen LogP contribution in [0.15, 0.2) is 36.5 Å². The first-order chi connectivity index (χ1) is 15.6. The highest BCUT2D eigenvalue weighted by atomic mass is 35.5. The van der Waals surface area contributed by atoms with E-state index >= 15 is 0 Å². The van der Waals surface area contributed by atoms with Crippen molar-refractivity contribution in [3.63, 3.8) is 0 Å². The zero-order valence-electron chi connectivity index (χ0n) is 18.7. The van der Waals surface area contributed by atoms with E-state index in [0.717, 1.165) is 85.0 Å². The zero-order valence-corrected chi connectivity index (χ0v) is 20.2. The number of hydrogen-bond donors (Lipinski definition) is 0. The molecule has 2 fully saturated rings. The number of piperidine rings is 1. The maximum Gasteiger partial charge on any atom is 0.139 e. The van der Waals surface area contributed by atoms with Crippen molar-refractivity contribution in [2.45, 2.75) is 38.3 Å². The van der Waals surface area contributed by atoms with Crippen LogP contribution >= 0.6 is 23.2 Å². The first kappa shape index (κ1) is 22.0. The molecule has 32 heavy (non-hydrogen) atoms. The van der Waals surface area contributed by atoms with Gasteiger partial charge in [0.15, 0.2) is 0 Å². The Morgan fingerprint density at radius 1 is 0.969 bits per heavy atom. The fraction of sp³-hybridized carbons (Fsp3) is 0.500. The van der Waals surface area contributed by atoms with Gasteiger partial charge in [-0.1, -0.05) is 36.2 Å². The molecule has 0 radical (unpaired) electrons. The molecule has 2 aliphatic rings. The first-order valence-electron chi connectivity index (χ1n) is 11.5. The normalized spacial score (nSPS) is 23.2. The van der Waals surface area contributed by atoms with Crippen molar-refractivity contribution in [1.29, 1.82) is 0 Å². The number of imidazole rings is 1. The highest BCUT2D eigenvalue weighted by molar-refractivity contribution is 6.31. The van der Waals surface area contributed by atoms with Crippen LogP contribution in [0.3, 0.4) is 0 Å². The fourth-order valence-corrected chi connectivity index (χ4v) is 5.83. The molecule has 170 valence electrons. The lowest BCUT2D eigenvalue weighted by molar-refractivity contribution is 0.110. The van der Waals surface area contributed by atoms with Crippen LogP contribution in [-0.4, -0.2) is 63.9 Å². The number of halogens is 2. The minimum Gasteiger partial charge on any atom is -0.355 e. The summed E-state index contributed by atoms with van der Waals surface area (Å²) in [6.07, 6.45) is 4.96. The number of likely N-dealkylation sites (N-methyl/N-ethyl adjacent to an activating group) is 1. The van der Waals surface area contributed by atoms with Gasteiger partial charge in [-0.05, 0) is 57.1 Å². The summed E-state index contributed by atoms with van der Waals surface area (Å²) in [5.74, 6) is 1.13. The molecule has 5 rings (SSSR count). The third-order valence-corrected chi connectivity index (χ3v) is 7.77. The van der Waals surface area contributed by atoms with E-state index in [0.29, 0.717) is 0 Å². The molecular formula is C24H30Cl2N6. The lowest BCUT2D eigenvalue weighted by Crippen LogP contribution is -2.46. The van der Waals surface area contributed by atoms with Gasteiger partial charge in [0.2, 0.25) is 0 Å². The Balaban J connectivity index is 1.48. The third-order valence-electron chi connectivity index (χ3n) is 7.09. The van der Waals surface area contributed by atoms with Crippen LogP contribution in [0.4, 0.5) is 5.82 Å². The topological polar surface area (TPSA) is 39.9 Å². The maximum atomic E-state index is 7.06. The molecule has 0 unspecified atom stereocenters. The molecule has 5 heterocycles. The van der Waals surface area contributed by atoms with Gasteiger partial charge >= 0.3 is 0 Å². The molecule has 3 aromatic rings. The van der Waals surface area contributed by atoms with Gasteiger partial charge in [-0.2, -0.15) is 0 Å². The summed E-state index contributed by atoms with van der Waals surface area (Å²) in [5.41, 5.74) is 2.80. The summed E-state index contributed by atoms with van der Waals surface area (Å²) in [5, 5.41) is 1.44. The van der Waals surface area contributed by atoms with Gasteiger partial charge in [-0.3, -0.25) is 14.3 Å². The molecule has 0 N–H and O–H groups in total. The van der Waals surface area contributed by atoms with Crippen molar-refractivity contribution in [3.8, 4) is 0 Å². The lowest BCUT2D eigenvalue weighted by atomic mass is 9.92. The Kier molecular flexibility index (Phi) is 6.30. The highest BCUT2D eigenvalue weighted by Gasteiger charge is 2.35. The molecule has 0 amide bonds. The number of likely N-dealkylation sites (tertiary alicyclic amines) is 1. The summed E-state index contributed by atoms with van der Waals surface area (Å²) in [6.45, 7) is 7.47. The minimum atomic E-state index is 0.129. The number of piperazine rings is 1. The molecule has 0 aromatic carbocycles. The van der Waals surface area contributed by atoms with E-state index in [-0.39, 0.29) is 12.1 Å². The van der Waals surface area contributed by atoms with Crippen LogP contribution < -0.4 is 4.90 Å². The first-order valence-corrected chi connectivity index (χ1v) is 12.3. The van der Waals surface area contributed by atoms with Crippen molar-refractivity contribution < 1.29 is 0 Å².